The Morgan fingerprint density at radius 2 is 2.32 bits per heavy atom. The van der Waals surface area contributed by atoms with Crippen LogP contribution in [0.15, 0.2) is 35.7 Å². The van der Waals surface area contributed by atoms with Gasteiger partial charge in [0.15, 0.2) is 0 Å². The van der Waals surface area contributed by atoms with Crippen LogP contribution >= 0.6 is 11.8 Å². The lowest BCUT2D eigenvalue weighted by Crippen LogP contribution is -2.27. The molecule has 0 amide bonds. The first-order valence-electron chi connectivity index (χ1n) is 6.55. The molecule has 1 aromatic rings. The second-order valence-corrected chi connectivity index (χ2v) is 5.87. The van der Waals surface area contributed by atoms with Crippen LogP contribution in [0.1, 0.15) is 30.1 Å². The molecule has 1 saturated carbocycles. The fraction of sp³-hybridized carbons (Fsp3) is 0.400. The van der Waals surface area contributed by atoms with Gasteiger partial charge >= 0.3 is 5.97 Å². The number of nitrogens with zero attached hydrogens (tertiary/aromatic N) is 1. The fourth-order valence-electron chi connectivity index (χ4n) is 2.22. The molecule has 102 valence electrons. The lowest BCUT2D eigenvalue weighted by atomic mass is 10.1. The van der Waals surface area contributed by atoms with Gasteiger partial charge in [-0.3, -0.25) is 0 Å². The van der Waals surface area contributed by atoms with Crippen LogP contribution in [0.25, 0.3) is 0 Å². The van der Waals surface area contributed by atoms with Crippen molar-refractivity contribution in [2.75, 3.05) is 17.2 Å². The Kier molecular flexibility index (Phi) is 4.53. The van der Waals surface area contributed by atoms with Gasteiger partial charge in [-0.25, -0.2) is 4.79 Å². The number of rotatable bonds is 7. The highest BCUT2D eigenvalue weighted by Gasteiger charge is 2.31. The molecule has 1 aliphatic rings. The highest BCUT2D eigenvalue weighted by atomic mass is 32.2. The van der Waals surface area contributed by atoms with Gasteiger partial charge in [0.2, 0.25) is 0 Å². The van der Waals surface area contributed by atoms with Crippen LogP contribution < -0.4 is 4.90 Å². The molecular formula is C15H19NO2S. The lowest BCUT2D eigenvalue weighted by Gasteiger charge is -2.25. The molecule has 1 N–H and O–H groups in total. The Hall–Kier alpha value is -1.42. The van der Waals surface area contributed by atoms with Crippen molar-refractivity contribution in [2.24, 2.45) is 0 Å². The molecule has 1 aliphatic carbocycles. The number of aromatic carboxylic acids is 1. The maximum atomic E-state index is 11.6. The molecule has 0 spiro atoms. The SMILES string of the molecule is C=CCN(c1cccc(SCC)c1C(=O)O)C1CC1. The molecule has 4 heteroatoms. The van der Waals surface area contributed by atoms with Crippen LogP contribution in [0.3, 0.4) is 0 Å². The monoisotopic (exact) mass is 277 g/mol. The van der Waals surface area contributed by atoms with E-state index in [2.05, 4.69) is 11.5 Å². The van der Waals surface area contributed by atoms with Crippen molar-refractivity contribution in [1.82, 2.24) is 0 Å². The highest BCUT2D eigenvalue weighted by molar-refractivity contribution is 7.99. The van der Waals surface area contributed by atoms with E-state index >= 15 is 0 Å². The van der Waals surface area contributed by atoms with Crippen LogP contribution in [0.4, 0.5) is 5.69 Å². The molecule has 19 heavy (non-hydrogen) atoms. The quantitative estimate of drug-likeness (QED) is 0.610. The standard InChI is InChI=1S/C15H19NO2S/c1-3-10-16(11-8-9-11)12-6-5-7-13(19-4-2)14(12)15(17)18/h3,5-7,11H,1,4,8-10H2,2H3,(H,17,18). The number of carboxylic acids is 1. The van der Waals surface area contributed by atoms with Crippen molar-refractivity contribution in [2.45, 2.75) is 30.7 Å². The van der Waals surface area contributed by atoms with E-state index in [9.17, 15) is 9.90 Å². The zero-order valence-electron chi connectivity index (χ0n) is 11.1. The van der Waals surface area contributed by atoms with E-state index in [-0.39, 0.29) is 0 Å². The summed E-state index contributed by atoms with van der Waals surface area (Å²) in [5, 5.41) is 9.53. The molecule has 0 atom stereocenters. The Bertz CT molecular complexity index is 483. The average Bonchev–Trinajstić information content (AvgIpc) is 3.20. The number of hydrogen-bond donors (Lipinski definition) is 1. The van der Waals surface area contributed by atoms with Crippen LogP contribution in [0.2, 0.25) is 0 Å². The molecule has 0 aliphatic heterocycles. The number of anilines is 1. The molecule has 0 radical (unpaired) electrons. The first-order chi connectivity index (χ1) is 9.19. The number of carboxylic acid groups (broad SMARTS) is 1. The number of thioether (sulfide) groups is 1. The topological polar surface area (TPSA) is 40.5 Å². The van der Waals surface area contributed by atoms with E-state index < -0.39 is 5.97 Å². The van der Waals surface area contributed by atoms with Crippen molar-refractivity contribution in [1.29, 1.82) is 0 Å². The smallest absolute Gasteiger partial charge is 0.338 e. The third kappa shape index (κ3) is 3.13. The zero-order valence-corrected chi connectivity index (χ0v) is 11.9. The second kappa shape index (κ2) is 6.15. The molecular weight excluding hydrogens is 258 g/mol. The number of benzene rings is 1. The third-order valence-corrected chi connectivity index (χ3v) is 4.08. The Morgan fingerprint density at radius 3 is 2.84 bits per heavy atom. The van der Waals surface area contributed by atoms with Gasteiger partial charge in [0.25, 0.3) is 0 Å². The molecule has 0 unspecified atom stereocenters. The van der Waals surface area contributed by atoms with Gasteiger partial charge in [-0.05, 0) is 30.7 Å². The Morgan fingerprint density at radius 1 is 1.58 bits per heavy atom. The first kappa shape index (κ1) is 14.0. The van der Waals surface area contributed by atoms with Gasteiger partial charge in [-0.2, -0.15) is 0 Å². The van der Waals surface area contributed by atoms with Gasteiger partial charge in [-0.15, -0.1) is 18.3 Å². The Labute approximate surface area is 118 Å². The number of carbonyl (C=O) groups is 1. The van der Waals surface area contributed by atoms with E-state index in [1.165, 1.54) is 0 Å². The molecule has 1 aromatic carbocycles. The summed E-state index contributed by atoms with van der Waals surface area (Å²) in [6.07, 6.45) is 4.11. The molecule has 1 fully saturated rings. The third-order valence-electron chi connectivity index (χ3n) is 3.14. The molecule has 3 nitrogen and oxygen atoms in total. The van der Waals surface area contributed by atoms with E-state index in [0.29, 0.717) is 18.2 Å². The predicted molar refractivity (Wildman–Crippen MR) is 80.4 cm³/mol. The molecule has 2 rings (SSSR count). The summed E-state index contributed by atoms with van der Waals surface area (Å²) in [7, 11) is 0. The summed E-state index contributed by atoms with van der Waals surface area (Å²) in [5.74, 6) is 0.0236. The van der Waals surface area contributed by atoms with Crippen molar-refractivity contribution in [3.05, 3.63) is 36.4 Å². The highest BCUT2D eigenvalue weighted by Crippen LogP contribution is 2.37. The maximum absolute atomic E-state index is 11.6. The molecule has 0 aromatic heterocycles. The normalized spacial score (nSPS) is 14.2. The van der Waals surface area contributed by atoms with Gasteiger partial charge in [0, 0.05) is 17.5 Å². The molecule has 0 bridgehead atoms. The average molecular weight is 277 g/mol. The van der Waals surface area contributed by atoms with Crippen molar-refractivity contribution in [3.8, 4) is 0 Å². The van der Waals surface area contributed by atoms with E-state index in [1.54, 1.807) is 11.8 Å². The predicted octanol–water partition coefficient (Wildman–Crippen LogP) is 3.65. The van der Waals surface area contributed by atoms with Crippen LogP contribution in [0.5, 0.6) is 0 Å². The lowest BCUT2D eigenvalue weighted by molar-refractivity contribution is 0.0694. The van der Waals surface area contributed by atoms with Crippen LogP contribution in [-0.4, -0.2) is 29.4 Å². The van der Waals surface area contributed by atoms with Crippen LogP contribution in [-0.2, 0) is 0 Å². The van der Waals surface area contributed by atoms with Crippen molar-refractivity contribution < 1.29 is 9.90 Å². The summed E-state index contributed by atoms with van der Waals surface area (Å²) in [6.45, 7) is 6.51. The van der Waals surface area contributed by atoms with Crippen molar-refractivity contribution in [3.63, 3.8) is 0 Å². The molecule has 0 saturated heterocycles. The van der Waals surface area contributed by atoms with Crippen LogP contribution in [0, 0.1) is 0 Å². The molecule has 0 heterocycles. The van der Waals surface area contributed by atoms with Gasteiger partial charge in [-0.1, -0.05) is 19.1 Å². The summed E-state index contributed by atoms with van der Waals surface area (Å²) in [4.78, 5) is 14.6. The van der Waals surface area contributed by atoms with E-state index in [1.807, 2.05) is 31.2 Å². The van der Waals surface area contributed by atoms with Gasteiger partial charge < -0.3 is 10.0 Å². The largest absolute Gasteiger partial charge is 0.478 e. The van der Waals surface area contributed by atoms with Gasteiger partial charge in [0.1, 0.15) is 0 Å². The first-order valence-corrected chi connectivity index (χ1v) is 7.54. The minimum absolute atomic E-state index is 0.433. The fourth-order valence-corrected chi connectivity index (χ4v) is 3.04. The van der Waals surface area contributed by atoms with Gasteiger partial charge in [0.05, 0.1) is 11.3 Å². The Balaban J connectivity index is 2.44. The second-order valence-electron chi connectivity index (χ2n) is 4.56. The summed E-state index contributed by atoms with van der Waals surface area (Å²) in [6, 6.07) is 6.21. The minimum atomic E-state index is -0.846. The summed E-state index contributed by atoms with van der Waals surface area (Å²) in [5.41, 5.74) is 1.26. The van der Waals surface area contributed by atoms with E-state index in [4.69, 9.17) is 0 Å². The minimum Gasteiger partial charge on any atom is -0.478 e. The van der Waals surface area contributed by atoms with Crippen molar-refractivity contribution >= 4 is 23.4 Å². The zero-order chi connectivity index (χ0) is 13.8. The van der Waals surface area contributed by atoms with E-state index in [0.717, 1.165) is 29.2 Å². The number of hydrogen-bond acceptors (Lipinski definition) is 3. The maximum Gasteiger partial charge on any atom is 0.338 e. The summed E-state index contributed by atoms with van der Waals surface area (Å²) < 4.78 is 0. The summed E-state index contributed by atoms with van der Waals surface area (Å²) >= 11 is 1.58.